The topological polar surface area (TPSA) is 65.4 Å². The molecule has 0 bridgehead atoms. The number of aryl methyl sites for hydroxylation is 2. The van der Waals surface area contributed by atoms with Gasteiger partial charge in [-0.25, -0.2) is 4.98 Å². The molecule has 1 unspecified atom stereocenters. The minimum atomic E-state index is -0.267. The van der Waals surface area contributed by atoms with Crippen molar-refractivity contribution in [3.63, 3.8) is 0 Å². The molecule has 6 nitrogen and oxygen atoms in total. The number of carbonyl (C=O) groups excluding carboxylic acids is 1. The van der Waals surface area contributed by atoms with Gasteiger partial charge in [-0.05, 0) is 61.4 Å². The second-order valence-corrected chi connectivity index (χ2v) is 8.99. The van der Waals surface area contributed by atoms with Crippen LogP contribution in [0.15, 0.2) is 48.5 Å². The smallest absolute Gasteiger partial charge is 0.249 e. The minimum Gasteiger partial charge on any atom is -0.494 e. The van der Waals surface area contributed by atoms with E-state index in [1.54, 1.807) is 0 Å². The molecule has 1 aliphatic heterocycles. The molecule has 2 heterocycles. The van der Waals surface area contributed by atoms with E-state index in [0.29, 0.717) is 25.7 Å². The highest BCUT2D eigenvalue weighted by molar-refractivity contribution is 5.80. The van der Waals surface area contributed by atoms with E-state index in [2.05, 4.69) is 66.2 Å². The zero-order valence-electron chi connectivity index (χ0n) is 19.8. The van der Waals surface area contributed by atoms with E-state index >= 15 is 0 Å². The molecular weight excluding hydrogens is 414 g/mol. The molecule has 0 radical (unpaired) electrons. The van der Waals surface area contributed by atoms with Gasteiger partial charge in [0.2, 0.25) is 5.91 Å². The molecule has 0 spiro atoms. The third-order valence-electron chi connectivity index (χ3n) is 6.17. The first-order valence-corrected chi connectivity index (χ1v) is 12.2. The number of para-hydroxylation sites is 2. The van der Waals surface area contributed by atoms with Crippen LogP contribution in [0, 0.1) is 0 Å². The zero-order chi connectivity index (χ0) is 23.0. The summed E-state index contributed by atoms with van der Waals surface area (Å²) in [6, 6.07) is 16.6. The highest BCUT2D eigenvalue weighted by Gasteiger charge is 2.22. The average molecular weight is 450 g/mol. The number of amides is 1. The van der Waals surface area contributed by atoms with Crippen LogP contribution in [0.25, 0.3) is 11.0 Å². The normalized spacial score (nSPS) is 15.9. The van der Waals surface area contributed by atoms with Crippen molar-refractivity contribution in [1.29, 1.82) is 0 Å². The molecule has 1 saturated heterocycles. The summed E-state index contributed by atoms with van der Waals surface area (Å²) in [6.45, 7) is 7.22. The summed E-state index contributed by atoms with van der Waals surface area (Å²) in [4.78, 5) is 17.0. The van der Waals surface area contributed by atoms with Crippen LogP contribution in [0.5, 0.6) is 5.75 Å². The maximum absolute atomic E-state index is 12.1. The number of rotatable bonds is 11. The summed E-state index contributed by atoms with van der Waals surface area (Å²) < 4.78 is 13.7. The van der Waals surface area contributed by atoms with Gasteiger partial charge in [0.25, 0.3) is 0 Å². The van der Waals surface area contributed by atoms with E-state index in [4.69, 9.17) is 14.5 Å². The molecule has 1 N–H and O–H groups in total. The van der Waals surface area contributed by atoms with Crippen LogP contribution in [0.1, 0.15) is 56.8 Å². The second-order valence-electron chi connectivity index (χ2n) is 8.99. The Morgan fingerprint density at radius 1 is 1.18 bits per heavy atom. The van der Waals surface area contributed by atoms with Crippen LogP contribution in [-0.4, -0.2) is 41.3 Å². The molecule has 1 atom stereocenters. The Morgan fingerprint density at radius 3 is 2.76 bits per heavy atom. The number of fused-ring (bicyclic) bond motifs is 1. The van der Waals surface area contributed by atoms with E-state index in [0.717, 1.165) is 61.3 Å². The van der Waals surface area contributed by atoms with Crippen molar-refractivity contribution in [3.8, 4) is 5.75 Å². The van der Waals surface area contributed by atoms with Crippen molar-refractivity contribution < 1.29 is 14.3 Å². The molecule has 1 amide bonds. The van der Waals surface area contributed by atoms with Gasteiger partial charge in [0.15, 0.2) is 0 Å². The lowest BCUT2D eigenvalue weighted by Gasteiger charge is -2.12. The van der Waals surface area contributed by atoms with Gasteiger partial charge in [0, 0.05) is 26.1 Å². The Hall–Kier alpha value is -2.86. The molecule has 176 valence electrons. The van der Waals surface area contributed by atoms with Gasteiger partial charge < -0.3 is 19.4 Å². The summed E-state index contributed by atoms with van der Waals surface area (Å²) in [6.07, 6.45) is 4.09. The number of nitrogens with zero attached hydrogens (tertiary/aromatic N) is 2. The Balaban J connectivity index is 1.29. The van der Waals surface area contributed by atoms with Gasteiger partial charge in [0.1, 0.15) is 17.7 Å². The Bertz CT molecular complexity index is 1040. The van der Waals surface area contributed by atoms with Crippen LogP contribution >= 0.6 is 0 Å². The first-order valence-electron chi connectivity index (χ1n) is 12.2. The molecule has 2 aromatic carbocycles. The number of imidazole rings is 1. The fourth-order valence-electron chi connectivity index (χ4n) is 4.28. The van der Waals surface area contributed by atoms with Gasteiger partial charge in [-0.2, -0.15) is 0 Å². The fourth-order valence-corrected chi connectivity index (χ4v) is 4.28. The molecule has 1 aliphatic rings. The van der Waals surface area contributed by atoms with Crippen molar-refractivity contribution in [1.82, 2.24) is 14.9 Å². The highest BCUT2D eigenvalue weighted by atomic mass is 16.5. The molecule has 6 heteroatoms. The summed E-state index contributed by atoms with van der Waals surface area (Å²) in [5, 5.41) is 3.01. The fraction of sp³-hybridized carbons (Fsp3) is 0.481. The number of aromatic nitrogens is 2. The molecule has 0 saturated carbocycles. The molecule has 0 aliphatic carbocycles. The lowest BCUT2D eigenvalue weighted by molar-refractivity contribution is -0.130. The third kappa shape index (κ3) is 6.14. The molecule has 4 rings (SSSR count). The van der Waals surface area contributed by atoms with Crippen LogP contribution in [0.2, 0.25) is 0 Å². The van der Waals surface area contributed by atoms with Crippen LogP contribution in [0.3, 0.4) is 0 Å². The van der Waals surface area contributed by atoms with E-state index < -0.39 is 0 Å². The number of ether oxygens (including phenoxy) is 2. The predicted octanol–water partition coefficient (Wildman–Crippen LogP) is 4.86. The SMILES string of the molecule is CC(C)c1ccc(OCCCn2c(CCCNC(=O)C3CCCO3)nc3ccccc32)cc1. The van der Waals surface area contributed by atoms with E-state index in [1.807, 2.05) is 6.07 Å². The third-order valence-corrected chi connectivity index (χ3v) is 6.17. The maximum atomic E-state index is 12.1. The van der Waals surface area contributed by atoms with Gasteiger partial charge in [-0.1, -0.05) is 38.1 Å². The van der Waals surface area contributed by atoms with Crippen LogP contribution < -0.4 is 10.1 Å². The summed E-state index contributed by atoms with van der Waals surface area (Å²) in [5.74, 6) is 2.51. The van der Waals surface area contributed by atoms with E-state index in [1.165, 1.54) is 5.56 Å². The minimum absolute atomic E-state index is 0.0135. The summed E-state index contributed by atoms with van der Waals surface area (Å²) in [7, 11) is 0. The summed E-state index contributed by atoms with van der Waals surface area (Å²) in [5.41, 5.74) is 3.49. The molecule has 33 heavy (non-hydrogen) atoms. The maximum Gasteiger partial charge on any atom is 0.249 e. The Kier molecular flexibility index (Phi) is 8.00. The van der Waals surface area contributed by atoms with Crippen LogP contribution in [0.4, 0.5) is 0 Å². The standard InChI is InChI=1S/C27H35N3O3/c1-20(2)21-12-14-22(15-13-21)32-19-7-17-30-24-9-4-3-8-23(24)29-26(30)11-5-16-28-27(31)25-10-6-18-33-25/h3-4,8-9,12-15,20,25H,5-7,10-11,16-19H2,1-2H3,(H,28,31). The van der Waals surface area contributed by atoms with Crippen molar-refractivity contribution in [2.24, 2.45) is 0 Å². The van der Waals surface area contributed by atoms with Gasteiger partial charge in [0.05, 0.1) is 17.6 Å². The number of benzene rings is 2. The monoisotopic (exact) mass is 449 g/mol. The zero-order valence-corrected chi connectivity index (χ0v) is 19.8. The first-order chi connectivity index (χ1) is 16.1. The summed E-state index contributed by atoms with van der Waals surface area (Å²) >= 11 is 0. The number of nitrogens with one attached hydrogen (secondary N) is 1. The van der Waals surface area contributed by atoms with Gasteiger partial charge >= 0.3 is 0 Å². The Labute approximate surface area is 196 Å². The number of hydrogen-bond acceptors (Lipinski definition) is 4. The van der Waals surface area contributed by atoms with E-state index in [9.17, 15) is 4.79 Å². The number of hydrogen-bond donors (Lipinski definition) is 1. The predicted molar refractivity (Wildman–Crippen MR) is 131 cm³/mol. The average Bonchev–Trinajstić information content (AvgIpc) is 3.48. The highest BCUT2D eigenvalue weighted by Crippen LogP contribution is 2.20. The van der Waals surface area contributed by atoms with E-state index in [-0.39, 0.29) is 12.0 Å². The molecular formula is C27H35N3O3. The molecule has 1 fully saturated rings. The first kappa shape index (κ1) is 23.3. The second kappa shape index (κ2) is 11.3. The van der Waals surface area contributed by atoms with Crippen molar-refractivity contribution >= 4 is 16.9 Å². The lowest BCUT2D eigenvalue weighted by atomic mass is 10.0. The van der Waals surface area contributed by atoms with Gasteiger partial charge in [-0.3, -0.25) is 4.79 Å². The van der Waals surface area contributed by atoms with Crippen LogP contribution in [-0.2, 0) is 22.5 Å². The molecule has 3 aromatic rings. The number of carbonyl (C=O) groups is 1. The quantitative estimate of drug-likeness (QED) is 0.425. The van der Waals surface area contributed by atoms with Crippen molar-refractivity contribution in [2.45, 2.75) is 64.5 Å². The largest absolute Gasteiger partial charge is 0.494 e. The van der Waals surface area contributed by atoms with Crippen molar-refractivity contribution in [3.05, 3.63) is 59.9 Å². The van der Waals surface area contributed by atoms with Gasteiger partial charge in [-0.15, -0.1) is 0 Å². The lowest BCUT2D eigenvalue weighted by Crippen LogP contribution is -2.34. The molecule has 1 aromatic heterocycles. The van der Waals surface area contributed by atoms with Crippen molar-refractivity contribution in [2.75, 3.05) is 19.8 Å². The Morgan fingerprint density at radius 2 is 2.00 bits per heavy atom.